The van der Waals surface area contributed by atoms with Crippen LogP contribution < -0.4 is 20.9 Å². The molecule has 0 atom stereocenters. The third-order valence-corrected chi connectivity index (χ3v) is 5.77. The zero-order valence-electron chi connectivity index (χ0n) is 16.2. The third kappa shape index (κ3) is 3.58. The van der Waals surface area contributed by atoms with Crippen molar-refractivity contribution >= 4 is 23.2 Å². The van der Waals surface area contributed by atoms with Crippen LogP contribution in [0.5, 0.6) is 0 Å². The van der Waals surface area contributed by atoms with E-state index in [4.69, 9.17) is 0 Å². The molecule has 2 aromatic carbocycles. The van der Waals surface area contributed by atoms with E-state index in [2.05, 4.69) is 10.7 Å². The Morgan fingerprint density at radius 1 is 0.897 bits per heavy atom. The highest BCUT2D eigenvalue weighted by Crippen LogP contribution is 2.46. The van der Waals surface area contributed by atoms with Gasteiger partial charge in [-0.25, -0.2) is 0 Å². The molecule has 0 unspecified atom stereocenters. The van der Waals surface area contributed by atoms with Gasteiger partial charge in [-0.2, -0.15) is 0 Å². The van der Waals surface area contributed by atoms with Crippen LogP contribution in [0.4, 0.5) is 11.4 Å². The Morgan fingerprint density at radius 2 is 1.48 bits per heavy atom. The largest absolute Gasteiger partial charge is 0.858 e. The van der Waals surface area contributed by atoms with E-state index in [1.807, 2.05) is 48.5 Å². The smallest absolute Gasteiger partial charge is 0.255 e. The number of amides is 2. The van der Waals surface area contributed by atoms with Crippen molar-refractivity contribution in [3.05, 3.63) is 72.1 Å². The molecular formula is C23H24N3O3-. The summed E-state index contributed by atoms with van der Waals surface area (Å²) in [5, 5.41) is 17.5. The minimum atomic E-state index is -1.03. The maximum absolute atomic E-state index is 13.7. The number of hydrogen-bond acceptors (Lipinski definition) is 5. The number of nitrogens with one attached hydrogen (secondary N) is 2. The van der Waals surface area contributed by atoms with Crippen molar-refractivity contribution in [2.24, 2.45) is 5.41 Å². The fourth-order valence-corrected chi connectivity index (χ4v) is 4.29. The lowest BCUT2D eigenvalue weighted by Crippen LogP contribution is -2.40. The van der Waals surface area contributed by atoms with Gasteiger partial charge in [-0.3, -0.25) is 25.3 Å². The van der Waals surface area contributed by atoms with Crippen LogP contribution in [0.2, 0.25) is 0 Å². The Kier molecular flexibility index (Phi) is 5.25. The summed E-state index contributed by atoms with van der Waals surface area (Å²) in [6.45, 7) is 0. The summed E-state index contributed by atoms with van der Waals surface area (Å²) in [7, 11) is 0. The predicted molar refractivity (Wildman–Crippen MR) is 109 cm³/mol. The van der Waals surface area contributed by atoms with Crippen molar-refractivity contribution in [2.45, 2.75) is 38.5 Å². The molecule has 6 nitrogen and oxygen atoms in total. The predicted octanol–water partition coefficient (Wildman–Crippen LogP) is 3.09. The fourth-order valence-electron chi connectivity index (χ4n) is 4.29. The molecule has 2 fully saturated rings. The Balaban J connectivity index is 1.82. The molecule has 0 bridgehead atoms. The third-order valence-electron chi connectivity index (χ3n) is 5.77. The first kappa shape index (κ1) is 19.1. The number of imide groups is 1. The second kappa shape index (κ2) is 7.99. The van der Waals surface area contributed by atoms with Gasteiger partial charge in [0.05, 0.1) is 16.8 Å². The van der Waals surface area contributed by atoms with Gasteiger partial charge >= 0.3 is 0 Å². The van der Waals surface area contributed by atoms with Crippen LogP contribution in [0.3, 0.4) is 0 Å². The van der Waals surface area contributed by atoms with Gasteiger partial charge in [0.2, 0.25) is 5.91 Å². The van der Waals surface area contributed by atoms with Gasteiger partial charge < -0.3 is 5.11 Å². The summed E-state index contributed by atoms with van der Waals surface area (Å²) in [6, 6.07) is 18.4. The van der Waals surface area contributed by atoms with E-state index >= 15 is 0 Å². The number of anilines is 2. The second-order valence-electron chi connectivity index (χ2n) is 7.61. The summed E-state index contributed by atoms with van der Waals surface area (Å²) in [6.07, 6.45) is 4.73. The minimum absolute atomic E-state index is 0.0525. The van der Waals surface area contributed by atoms with Gasteiger partial charge in [0, 0.05) is 5.57 Å². The summed E-state index contributed by atoms with van der Waals surface area (Å²) < 4.78 is 0. The standard InChI is InChI=1S/C23H25N3O3/c27-20-19(23(22(29)24-20)15-9-1-2-10-16-23)21(28)26(18-13-7-4-8-14-18)25-17-11-5-3-6-12-17/h3-8,11-14,25,28H,1-2,9-10,15-16H2,(H,24,27,29)/p-1/b21-19-. The summed E-state index contributed by atoms with van der Waals surface area (Å²) >= 11 is 0. The van der Waals surface area contributed by atoms with Crippen LogP contribution in [-0.2, 0) is 9.59 Å². The lowest BCUT2D eigenvalue weighted by molar-refractivity contribution is -0.307. The van der Waals surface area contributed by atoms with Crippen LogP contribution in [0.25, 0.3) is 0 Å². The molecule has 1 heterocycles. The van der Waals surface area contributed by atoms with Crippen molar-refractivity contribution in [1.82, 2.24) is 5.32 Å². The van der Waals surface area contributed by atoms with E-state index in [1.165, 1.54) is 5.01 Å². The van der Waals surface area contributed by atoms with Gasteiger partial charge in [0.15, 0.2) is 0 Å². The molecule has 1 aliphatic heterocycles. The van der Waals surface area contributed by atoms with E-state index in [9.17, 15) is 14.7 Å². The normalized spacial score (nSPS) is 20.1. The number of para-hydroxylation sites is 2. The zero-order chi connectivity index (χ0) is 20.3. The Hall–Kier alpha value is -3.28. The van der Waals surface area contributed by atoms with Crippen molar-refractivity contribution in [3.8, 4) is 0 Å². The highest BCUT2D eigenvalue weighted by molar-refractivity contribution is 6.17. The molecule has 6 heteroatoms. The molecule has 2 aromatic rings. The molecule has 0 aromatic heterocycles. The number of rotatable bonds is 4. The number of hydrazine groups is 1. The van der Waals surface area contributed by atoms with Crippen molar-refractivity contribution in [3.63, 3.8) is 0 Å². The number of carbonyl (C=O) groups is 2. The second-order valence-corrected chi connectivity index (χ2v) is 7.61. The maximum atomic E-state index is 13.7. The summed E-state index contributed by atoms with van der Waals surface area (Å²) in [4.78, 5) is 25.6. The molecule has 2 aliphatic rings. The quantitative estimate of drug-likeness (QED) is 0.363. The van der Waals surface area contributed by atoms with Gasteiger partial charge in [-0.15, -0.1) is 0 Å². The first-order valence-electron chi connectivity index (χ1n) is 10.1. The first-order valence-corrected chi connectivity index (χ1v) is 10.1. The van der Waals surface area contributed by atoms with Gasteiger partial charge in [0.25, 0.3) is 5.91 Å². The Labute approximate surface area is 170 Å². The van der Waals surface area contributed by atoms with Gasteiger partial charge in [-0.05, 0) is 43.0 Å². The van der Waals surface area contributed by atoms with E-state index < -0.39 is 17.2 Å². The van der Waals surface area contributed by atoms with E-state index in [1.54, 1.807) is 12.1 Å². The fraction of sp³-hybridized carbons (Fsp3) is 0.304. The molecule has 1 aliphatic carbocycles. The first-order chi connectivity index (χ1) is 14.1. The molecule has 2 N–H and O–H groups in total. The number of carbonyl (C=O) groups excluding carboxylic acids is 2. The average molecular weight is 390 g/mol. The van der Waals surface area contributed by atoms with Crippen LogP contribution in [-0.4, -0.2) is 11.8 Å². The van der Waals surface area contributed by atoms with Crippen LogP contribution in [0.15, 0.2) is 72.1 Å². The van der Waals surface area contributed by atoms with Gasteiger partial charge in [-0.1, -0.05) is 62.1 Å². The highest BCUT2D eigenvalue weighted by Gasteiger charge is 2.51. The monoisotopic (exact) mass is 390 g/mol. The van der Waals surface area contributed by atoms with Crippen molar-refractivity contribution in [2.75, 3.05) is 10.4 Å². The van der Waals surface area contributed by atoms with Crippen molar-refractivity contribution in [1.29, 1.82) is 0 Å². The molecular weight excluding hydrogens is 366 g/mol. The van der Waals surface area contributed by atoms with E-state index in [-0.39, 0.29) is 11.5 Å². The molecule has 29 heavy (non-hydrogen) atoms. The maximum Gasteiger partial charge on any atom is 0.255 e. The lowest BCUT2D eigenvalue weighted by Gasteiger charge is -2.37. The Bertz CT molecular complexity index is 917. The number of benzene rings is 2. The van der Waals surface area contributed by atoms with Crippen molar-refractivity contribution < 1.29 is 14.7 Å². The molecule has 4 rings (SSSR count). The lowest BCUT2D eigenvalue weighted by atomic mass is 9.75. The van der Waals surface area contributed by atoms with Gasteiger partial charge in [0.1, 0.15) is 0 Å². The molecule has 0 radical (unpaired) electrons. The molecule has 150 valence electrons. The van der Waals surface area contributed by atoms with Crippen LogP contribution >= 0.6 is 0 Å². The number of hydrogen-bond donors (Lipinski definition) is 2. The molecule has 2 amide bonds. The summed E-state index contributed by atoms with van der Waals surface area (Å²) in [5.74, 6) is -1.39. The SMILES string of the molecule is O=C1NC(=O)C2(CCCCCC2)/C1=C(\[O-])N(Nc1ccccc1)c1ccccc1. The molecule has 1 saturated heterocycles. The topological polar surface area (TPSA) is 84.5 Å². The molecule has 1 spiro atoms. The highest BCUT2D eigenvalue weighted by atomic mass is 16.3. The van der Waals surface area contributed by atoms with E-state index in [0.29, 0.717) is 24.2 Å². The minimum Gasteiger partial charge on any atom is -0.858 e. The van der Waals surface area contributed by atoms with Crippen LogP contribution in [0.1, 0.15) is 38.5 Å². The van der Waals surface area contributed by atoms with E-state index in [0.717, 1.165) is 25.7 Å². The average Bonchev–Trinajstić information content (AvgIpc) is 2.90. The number of nitrogens with zero attached hydrogens (tertiary/aromatic N) is 1. The Morgan fingerprint density at radius 3 is 2.10 bits per heavy atom. The molecule has 1 saturated carbocycles. The zero-order valence-corrected chi connectivity index (χ0v) is 16.2. The van der Waals surface area contributed by atoms with Crippen LogP contribution in [0, 0.1) is 5.41 Å². The summed E-state index contributed by atoms with van der Waals surface area (Å²) in [5.41, 5.74) is 3.45.